The zero-order chi connectivity index (χ0) is 22.7. The minimum absolute atomic E-state index is 0.0466. The molecule has 4 rings (SSSR count). The van der Waals surface area contributed by atoms with E-state index >= 15 is 4.39 Å². The minimum atomic E-state index is -1.17. The van der Waals surface area contributed by atoms with Crippen LogP contribution < -0.4 is 4.90 Å². The normalized spacial score (nSPS) is 23.2. The van der Waals surface area contributed by atoms with Crippen LogP contribution in [0.5, 0.6) is 0 Å². The van der Waals surface area contributed by atoms with Crippen LogP contribution in [0.25, 0.3) is 0 Å². The van der Waals surface area contributed by atoms with Crippen molar-refractivity contribution in [2.75, 3.05) is 24.6 Å². The first-order chi connectivity index (χ1) is 15.5. The Hall–Kier alpha value is -3.20. The molecule has 0 spiro atoms. The molecule has 0 aromatic heterocycles. The van der Waals surface area contributed by atoms with Gasteiger partial charge in [0.25, 0.3) is 0 Å². The van der Waals surface area contributed by atoms with Gasteiger partial charge in [0.1, 0.15) is 24.7 Å². The van der Waals surface area contributed by atoms with Crippen LogP contribution in [0.3, 0.4) is 0 Å². The number of carbonyl (C=O) groups is 2. The molecule has 2 heterocycles. The van der Waals surface area contributed by atoms with Gasteiger partial charge in [-0.3, -0.25) is 4.90 Å². The van der Waals surface area contributed by atoms with Gasteiger partial charge in [-0.2, -0.15) is 0 Å². The van der Waals surface area contributed by atoms with Gasteiger partial charge in [-0.05, 0) is 24.1 Å². The van der Waals surface area contributed by atoms with E-state index in [-0.39, 0.29) is 50.4 Å². The molecule has 0 bridgehead atoms. The molecule has 7 nitrogen and oxygen atoms in total. The number of hydrogen-bond donors (Lipinski definition) is 1. The third-order valence-corrected chi connectivity index (χ3v) is 5.71. The predicted octanol–water partition coefficient (Wildman–Crippen LogP) is 3.96. The Balaban J connectivity index is 1.51. The lowest BCUT2D eigenvalue weighted by Gasteiger charge is -2.37. The van der Waals surface area contributed by atoms with Gasteiger partial charge in [0.2, 0.25) is 0 Å². The van der Waals surface area contributed by atoms with Gasteiger partial charge in [0.05, 0.1) is 24.9 Å². The minimum Gasteiger partial charge on any atom is -0.445 e. The number of likely N-dealkylation sites (tertiary alicyclic amines) is 1. The summed E-state index contributed by atoms with van der Waals surface area (Å²) in [4.78, 5) is 27.3. The van der Waals surface area contributed by atoms with Crippen LogP contribution in [0, 0.1) is 5.82 Å². The SMILES string of the molecule is O=C1OC(CO)CN1c1ccc([C@H]2CC(F)CCN2C(=O)OCc2ccccc2)c(F)c1. The molecule has 1 N–H and O–H groups in total. The zero-order valence-corrected chi connectivity index (χ0v) is 17.3. The summed E-state index contributed by atoms with van der Waals surface area (Å²) in [5.41, 5.74) is 1.23. The standard InChI is InChI=1S/C23H24F2N2O5/c24-16-8-9-26(22(29)31-14-15-4-2-1-3-5-15)21(10-16)19-7-6-17(11-20(19)25)27-12-18(13-28)32-23(27)30/h1-7,11,16,18,21,28H,8-10,12-14H2/t16?,18?,21-/m1/s1. The van der Waals surface area contributed by atoms with Crippen molar-refractivity contribution in [3.63, 3.8) is 0 Å². The quantitative estimate of drug-likeness (QED) is 0.752. The third kappa shape index (κ3) is 4.67. The number of aliphatic hydroxyl groups excluding tert-OH is 1. The number of alkyl halides is 1. The summed E-state index contributed by atoms with van der Waals surface area (Å²) < 4.78 is 39.7. The summed E-state index contributed by atoms with van der Waals surface area (Å²) in [7, 11) is 0. The second-order valence-corrected chi connectivity index (χ2v) is 7.88. The molecule has 2 aromatic rings. The van der Waals surface area contributed by atoms with Crippen molar-refractivity contribution in [2.45, 2.75) is 37.8 Å². The Bertz CT molecular complexity index is 974. The first-order valence-corrected chi connectivity index (χ1v) is 10.5. The molecule has 9 heteroatoms. The van der Waals surface area contributed by atoms with Gasteiger partial charge < -0.3 is 19.5 Å². The van der Waals surface area contributed by atoms with Gasteiger partial charge in [-0.25, -0.2) is 18.4 Å². The fourth-order valence-electron chi connectivity index (χ4n) is 4.02. The van der Waals surface area contributed by atoms with Crippen molar-refractivity contribution in [1.29, 1.82) is 0 Å². The fourth-order valence-corrected chi connectivity index (χ4v) is 4.02. The highest BCUT2D eigenvalue weighted by atomic mass is 19.1. The van der Waals surface area contributed by atoms with Crippen LogP contribution in [0.4, 0.5) is 24.1 Å². The largest absolute Gasteiger partial charge is 0.445 e. The molecular weight excluding hydrogens is 422 g/mol. The van der Waals surface area contributed by atoms with Crippen LogP contribution in [0.2, 0.25) is 0 Å². The van der Waals surface area contributed by atoms with Crippen molar-refractivity contribution < 1.29 is 33.0 Å². The summed E-state index contributed by atoms with van der Waals surface area (Å²) in [6.45, 7) is -0.0609. The number of aliphatic hydroxyl groups is 1. The van der Waals surface area contributed by atoms with E-state index < -0.39 is 36.3 Å². The zero-order valence-electron chi connectivity index (χ0n) is 17.3. The first-order valence-electron chi connectivity index (χ1n) is 10.5. The van der Waals surface area contributed by atoms with E-state index in [1.807, 2.05) is 30.3 Å². The van der Waals surface area contributed by atoms with Crippen molar-refractivity contribution >= 4 is 17.9 Å². The average Bonchev–Trinajstić information content (AvgIpc) is 3.19. The van der Waals surface area contributed by atoms with Gasteiger partial charge in [0.15, 0.2) is 0 Å². The number of carbonyl (C=O) groups excluding carboxylic acids is 2. The Morgan fingerprint density at radius 3 is 2.69 bits per heavy atom. The summed E-state index contributed by atoms with van der Waals surface area (Å²) in [5, 5.41) is 9.18. The lowest BCUT2D eigenvalue weighted by atomic mass is 9.93. The number of hydrogen-bond acceptors (Lipinski definition) is 5. The van der Waals surface area contributed by atoms with Gasteiger partial charge in [-0.15, -0.1) is 0 Å². The van der Waals surface area contributed by atoms with Gasteiger partial charge >= 0.3 is 12.2 Å². The summed E-state index contributed by atoms with van der Waals surface area (Å²) in [6.07, 6.45) is -3.05. The number of cyclic esters (lactones) is 1. The first kappa shape index (κ1) is 22.0. The van der Waals surface area contributed by atoms with Crippen LogP contribution in [0.15, 0.2) is 48.5 Å². The van der Waals surface area contributed by atoms with Crippen molar-refractivity contribution in [3.8, 4) is 0 Å². The molecule has 170 valence electrons. The number of rotatable bonds is 5. The fraction of sp³-hybridized carbons (Fsp3) is 0.391. The molecule has 2 amide bonds. The van der Waals surface area contributed by atoms with Gasteiger partial charge in [-0.1, -0.05) is 36.4 Å². The lowest BCUT2D eigenvalue weighted by Crippen LogP contribution is -2.42. The molecule has 2 aromatic carbocycles. The Morgan fingerprint density at radius 1 is 1.22 bits per heavy atom. The van der Waals surface area contributed by atoms with Crippen molar-refractivity contribution in [2.24, 2.45) is 0 Å². The van der Waals surface area contributed by atoms with Crippen LogP contribution in [-0.4, -0.2) is 54.2 Å². The Kier molecular flexibility index (Phi) is 6.55. The van der Waals surface area contributed by atoms with Crippen LogP contribution in [-0.2, 0) is 16.1 Å². The molecule has 0 radical (unpaired) electrons. The van der Waals surface area contributed by atoms with E-state index in [1.54, 1.807) is 0 Å². The molecule has 3 atom stereocenters. The monoisotopic (exact) mass is 446 g/mol. The van der Waals surface area contributed by atoms with E-state index in [9.17, 15) is 19.1 Å². The van der Waals surface area contributed by atoms with Crippen LogP contribution in [0.1, 0.15) is 30.0 Å². The summed E-state index contributed by atoms with van der Waals surface area (Å²) in [5.74, 6) is -0.664. The van der Waals surface area contributed by atoms with E-state index in [0.29, 0.717) is 0 Å². The van der Waals surface area contributed by atoms with E-state index in [0.717, 1.165) is 11.6 Å². The average molecular weight is 446 g/mol. The number of anilines is 1. The second-order valence-electron chi connectivity index (χ2n) is 7.88. The maximum Gasteiger partial charge on any atom is 0.414 e. The second kappa shape index (κ2) is 9.52. The number of halogens is 2. The maximum absolute atomic E-state index is 15.1. The van der Waals surface area contributed by atoms with Crippen molar-refractivity contribution in [1.82, 2.24) is 4.90 Å². The number of amides is 2. The lowest BCUT2D eigenvalue weighted by molar-refractivity contribution is 0.0489. The van der Waals surface area contributed by atoms with E-state index in [1.165, 1.54) is 21.9 Å². The highest BCUT2D eigenvalue weighted by Gasteiger charge is 2.36. The van der Waals surface area contributed by atoms with Crippen LogP contribution >= 0.6 is 0 Å². The molecule has 2 aliphatic rings. The number of nitrogens with zero attached hydrogens (tertiary/aromatic N) is 2. The molecule has 2 saturated heterocycles. The van der Waals surface area contributed by atoms with E-state index in [4.69, 9.17) is 9.47 Å². The third-order valence-electron chi connectivity index (χ3n) is 5.71. The molecule has 0 aliphatic carbocycles. The predicted molar refractivity (Wildman–Crippen MR) is 111 cm³/mol. The maximum atomic E-state index is 15.1. The van der Waals surface area contributed by atoms with Gasteiger partial charge in [0, 0.05) is 18.5 Å². The molecular formula is C23H24F2N2O5. The Morgan fingerprint density at radius 2 is 2.00 bits per heavy atom. The number of benzene rings is 2. The molecule has 0 saturated carbocycles. The molecule has 2 unspecified atom stereocenters. The highest BCUT2D eigenvalue weighted by Crippen LogP contribution is 2.36. The smallest absolute Gasteiger partial charge is 0.414 e. The van der Waals surface area contributed by atoms with Crippen molar-refractivity contribution in [3.05, 3.63) is 65.5 Å². The summed E-state index contributed by atoms with van der Waals surface area (Å²) in [6, 6.07) is 12.5. The molecule has 2 aliphatic heterocycles. The topological polar surface area (TPSA) is 79.3 Å². The molecule has 32 heavy (non-hydrogen) atoms. The number of piperidine rings is 1. The Labute approximate surface area is 184 Å². The molecule has 2 fully saturated rings. The highest BCUT2D eigenvalue weighted by molar-refractivity contribution is 5.89. The number of ether oxygens (including phenoxy) is 2. The van der Waals surface area contributed by atoms with E-state index in [2.05, 4.69) is 0 Å². The summed E-state index contributed by atoms with van der Waals surface area (Å²) >= 11 is 0.